The van der Waals surface area contributed by atoms with Gasteiger partial charge in [-0.15, -0.1) is 0 Å². The lowest BCUT2D eigenvalue weighted by molar-refractivity contribution is -0.116. The number of hydrogen-bond acceptors (Lipinski definition) is 4. The van der Waals surface area contributed by atoms with Gasteiger partial charge in [-0.25, -0.2) is 4.68 Å². The summed E-state index contributed by atoms with van der Waals surface area (Å²) in [6.07, 6.45) is 2.88. The first-order valence-corrected chi connectivity index (χ1v) is 7.89. The van der Waals surface area contributed by atoms with Crippen molar-refractivity contribution in [3.05, 3.63) is 33.0 Å². The minimum atomic E-state index is -0.113. The highest BCUT2D eigenvalue weighted by Crippen LogP contribution is 2.16. The normalized spacial score (nSPS) is 12.3. The maximum absolute atomic E-state index is 12.0. The Morgan fingerprint density at radius 2 is 2.29 bits per heavy atom. The van der Waals surface area contributed by atoms with Crippen LogP contribution in [-0.2, 0) is 11.3 Å². The van der Waals surface area contributed by atoms with Gasteiger partial charge in [0.1, 0.15) is 5.82 Å². The Bertz CT molecular complexity index is 671. The van der Waals surface area contributed by atoms with Crippen LogP contribution in [0, 0.1) is 6.92 Å². The predicted molar refractivity (Wildman–Crippen MR) is 83.8 cm³/mol. The molecule has 0 aliphatic heterocycles. The third-order valence-electron chi connectivity index (χ3n) is 3.49. The van der Waals surface area contributed by atoms with Crippen molar-refractivity contribution in [2.75, 3.05) is 5.32 Å². The second kappa shape index (κ2) is 6.71. The summed E-state index contributed by atoms with van der Waals surface area (Å²) >= 11 is 1.16. The molecule has 0 aliphatic rings. The number of amides is 1. The molecule has 7 heteroatoms. The molecular weight excluding hydrogens is 288 g/mol. The Kier molecular flexibility index (Phi) is 4.95. The van der Waals surface area contributed by atoms with Gasteiger partial charge >= 0.3 is 4.87 Å². The summed E-state index contributed by atoms with van der Waals surface area (Å²) in [5.41, 5.74) is 0.891. The number of carbonyl (C=O) groups excluding carboxylic acids is 1. The quantitative estimate of drug-likeness (QED) is 0.891. The van der Waals surface area contributed by atoms with Gasteiger partial charge in [0.05, 0.1) is 12.2 Å². The zero-order valence-corrected chi connectivity index (χ0v) is 13.3. The molecule has 0 radical (unpaired) electrons. The highest BCUT2D eigenvalue weighted by molar-refractivity contribution is 7.07. The lowest BCUT2D eigenvalue weighted by Crippen LogP contribution is -2.21. The lowest BCUT2D eigenvalue weighted by Gasteiger charge is -2.14. The second-order valence-corrected chi connectivity index (χ2v) is 5.83. The molecule has 0 saturated heterocycles. The molecule has 2 aromatic heterocycles. The predicted octanol–water partition coefficient (Wildman–Crippen LogP) is 2.41. The fourth-order valence-electron chi connectivity index (χ4n) is 2.03. The van der Waals surface area contributed by atoms with Crippen molar-refractivity contribution >= 4 is 23.1 Å². The zero-order chi connectivity index (χ0) is 15.4. The van der Waals surface area contributed by atoms with Crippen molar-refractivity contribution in [3.8, 4) is 0 Å². The molecule has 2 rings (SSSR count). The van der Waals surface area contributed by atoms with Crippen molar-refractivity contribution in [2.45, 2.75) is 46.2 Å². The molecule has 0 aromatic carbocycles. The van der Waals surface area contributed by atoms with Gasteiger partial charge in [-0.2, -0.15) is 5.10 Å². The number of aryl methyl sites for hydroxylation is 1. The molecule has 21 heavy (non-hydrogen) atoms. The van der Waals surface area contributed by atoms with Gasteiger partial charge in [-0.1, -0.05) is 18.3 Å². The fraction of sp³-hybridized carbons (Fsp3) is 0.500. The molecule has 114 valence electrons. The summed E-state index contributed by atoms with van der Waals surface area (Å²) < 4.78 is 3.43. The van der Waals surface area contributed by atoms with Crippen molar-refractivity contribution in [3.63, 3.8) is 0 Å². The van der Waals surface area contributed by atoms with Crippen LogP contribution in [-0.4, -0.2) is 20.3 Å². The Balaban J connectivity index is 1.97. The van der Waals surface area contributed by atoms with Gasteiger partial charge in [0.25, 0.3) is 0 Å². The van der Waals surface area contributed by atoms with Crippen molar-refractivity contribution in [1.82, 2.24) is 14.3 Å². The van der Waals surface area contributed by atoms with Crippen molar-refractivity contribution in [1.29, 1.82) is 0 Å². The number of rotatable bonds is 6. The van der Waals surface area contributed by atoms with Crippen LogP contribution < -0.4 is 10.2 Å². The van der Waals surface area contributed by atoms with E-state index in [2.05, 4.69) is 24.3 Å². The molecule has 2 aromatic rings. The monoisotopic (exact) mass is 308 g/mol. The highest BCUT2D eigenvalue weighted by Gasteiger charge is 2.12. The topological polar surface area (TPSA) is 68.9 Å². The van der Waals surface area contributed by atoms with Crippen LogP contribution >= 0.6 is 11.3 Å². The van der Waals surface area contributed by atoms with Crippen LogP contribution in [0.15, 0.2) is 22.4 Å². The van der Waals surface area contributed by atoms with Gasteiger partial charge in [-0.3, -0.25) is 9.59 Å². The zero-order valence-electron chi connectivity index (χ0n) is 12.5. The lowest BCUT2D eigenvalue weighted by atomic mass is 10.3. The summed E-state index contributed by atoms with van der Waals surface area (Å²) in [5, 5.41) is 8.89. The van der Waals surface area contributed by atoms with Crippen LogP contribution in [0.1, 0.15) is 38.4 Å². The number of nitrogens with one attached hydrogen (secondary N) is 1. The maximum atomic E-state index is 12.0. The van der Waals surface area contributed by atoms with Gasteiger partial charge in [-0.05, 0) is 20.3 Å². The number of nitrogens with zero attached hydrogens (tertiary/aromatic N) is 3. The van der Waals surface area contributed by atoms with Crippen LogP contribution in [0.4, 0.5) is 5.82 Å². The summed E-state index contributed by atoms with van der Waals surface area (Å²) in [6, 6.07) is 2.02. The molecule has 0 aliphatic carbocycles. The van der Waals surface area contributed by atoms with Gasteiger partial charge in [0, 0.05) is 30.1 Å². The third-order valence-corrected chi connectivity index (χ3v) is 4.37. The molecule has 6 nitrogen and oxygen atoms in total. The van der Waals surface area contributed by atoms with E-state index in [1.807, 2.05) is 6.92 Å². The Labute approximate surface area is 127 Å². The number of hydrogen-bond donors (Lipinski definition) is 1. The molecular formula is C14H20N4O2S. The van der Waals surface area contributed by atoms with Crippen LogP contribution in [0.5, 0.6) is 0 Å². The summed E-state index contributed by atoms with van der Waals surface area (Å²) in [5.74, 6) is 0.585. The van der Waals surface area contributed by atoms with E-state index in [-0.39, 0.29) is 23.2 Å². The number of aromatic nitrogens is 3. The smallest absolute Gasteiger partial charge is 0.307 e. The van der Waals surface area contributed by atoms with E-state index in [4.69, 9.17) is 0 Å². The minimum Gasteiger partial charge on any atom is -0.311 e. The standard InChI is InChI=1S/C14H20N4O2S/c1-4-10(2)18-12(5-7-15-18)16-13(19)6-8-17-11(3)9-21-14(17)20/h5,7,9-10H,4,6,8H2,1-3H3,(H,16,19). The SMILES string of the molecule is CCC(C)n1nccc1NC(=O)CCn1c(C)csc1=O. The molecule has 1 atom stereocenters. The van der Waals surface area contributed by atoms with Gasteiger partial charge in [0.15, 0.2) is 0 Å². The third kappa shape index (κ3) is 3.60. The number of carbonyl (C=O) groups is 1. The van der Waals surface area contributed by atoms with E-state index >= 15 is 0 Å². The summed E-state index contributed by atoms with van der Waals surface area (Å²) in [7, 11) is 0. The molecule has 1 N–H and O–H groups in total. The average Bonchev–Trinajstić information content (AvgIpc) is 3.04. The first kappa shape index (κ1) is 15.5. The minimum absolute atomic E-state index is 0.0232. The number of thiazole rings is 1. The van der Waals surface area contributed by atoms with Gasteiger partial charge in [0.2, 0.25) is 5.91 Å². The van der Waals surface area contributed by atoms with Crippen LogP contribution in [0.3, 0.4) is 0 Å². The first-order chi connectivity index (χ1) is 10.0. The molecule has 0 saturated carbocycles. The van der Waals surface area contributed by atoms with Crippen molar-refractivity contribution in [2.24, 2.45) is 0 Å². The van der Waals surface area contributed by atoms with Crippen LogP contribution in [0.25, 0.3) is 0 Å². The second-order valence-electron chi connectivity index (χ2n) is 5.01. The van der Waals surface area contributed by atoms with E-state index in [0.717, 1.165) is 23.5 Å². The highest BCUT2D eigenvalue weighted by atomic mass is 32.1. The van der Waals surface area contributed by atoms with Gasteiger partial charge < -0.3 is 9.88 Å². The average molecular weight is 308 g/mol. The summed E-state index contributed by atoms with van der Waals surface area (Å²) in [4.78, 5) is 23.6. The first-order valence-electron chi connectivity index (χ1n) is 7.01. The summed E-state index contributed by atoms with van der Waals surface area (Å²) in [6.45, 7) is 6.39. The Morgan fingerprint density at radius 1 is 1.52 bits per heavy atom. The molecule has 0 fully saturated rings. The molecule has 2 heterocycles. The molecule has 0 bridgehead atoms. The Hall–Kier alpha value is -1.89. The molecule has 1 unspecified atom stereocenters. The fourth-order valence-corrected chi connectivity index (χ4v) is 2.79. The van der Waals surface area contributed by atoms with E-state index in [0.29, 0.717) is 12.4 Å². The van der Waals surface area contributed by atoms with E-state index in [9.17, 15) is 9.59 Å². The molecule has 0 spiro atoms. The van der Waals surface area contributed by atoms with Crippen LogP contribution in [0.2, 0.25) is 0 Å². The Morgan fingerprint density at radius 3 is 2.90 bits per heavy atom. The maximum Gasteiger partial charge on any atom is 0.307 e. The van der Waals surface area contributed by atoms with E-state index in [1.54, 1.807) is 26.9 Å². The number of anilines is 1. The largest absolute Gasteiger partial charge is 0.311 e. The van der Waals surface area contributed by atoms with Crippen molar-refractivity contribution < 1.29 is 4.79 Å². The van der Waals surface area contributed by atoms with E-state index < -0.39 is 0 Å². The van der Waals surface area contributed by atoms with E-state index in [1.165, 1.54) is 0 Å². The molecule has 1 amide bonds.